The Morgan fingerprint density at radius 3 is 2.19 bits per heavy atom. The summed E-state index contributed by atoms with van der Waals surface area (Å²) in [6, 6.07) is 23.3. The van der Waals surface area contributed by atoms with E-state index in [9.17, 15) is 9.59 Å². The largest absolute Gasteiger partial charge is 0.497 e. The van der Waals surface area contributed by atoms with E-state index < -0.39 is 18.5 Å². The van der Waals surface area contributed by atoms with E-state index in [1.54, 1.807) is 56.7 Å². The van der Waals surface area contributed by atoms with E-state index >= 15 is 0 Å². The van der Waals surface area contributed by atoms with Crippen molar-refractivity contribution >= 4 is 29.2 Å². The summed E-state index contributed by atoms with van der Waals surface area (Å²) in [5, 5.41) is 2.68. The summed E-state index contributed by atoms with van der Waals surface area (Å²) < 4.78 is 15.8. The first kappa shape index (κ1) is 21.6. The Balaban J connectivity index is 1.74. The standard InChI is InChI=1S/C25H23NO5/c1-29-21-14-12-20(13-15-21)26-24(27)17-31-25(28)22(18-8-4-3-5-9-18)16-19-10-6-7-11-23(19)30-2/h3-16H,17H2,1-2H3,(H,26,27)/b22-16+. The molecule has 0 fully saturated rings. The molecule has 3 rings (SSSR count). The molecule has 3 aromatic rings. The van der Waals surface area contributed by atoms with Gasteiger partial charge in [0.15, 0.2) is 6.61 Å². The van der Waals surface area contributed by atoms with E-state index in [2.05, 4.69) is 5.32 Å². The summed E-state index contributed by atoms with van der Waals surface area (Å²) in [5.41, 5.74) is 2.30. The second-order valence-electron chi connectivity index (χ2n) is 6.52. The van der Waals surface area contributed by atoms with Crippen molar-refractivity contribution in [1.82, 2.24) is 0 Å². The summed E-state index contributed by atoms with van der Waals surface area (Å²) in [6.07, 6.45) is 1.69. The van der Waals surface area contributed by atoms with Crippen molar-refractivity contribution in [2.45, 2.75) is 0 Å². The van der Waals surface area contributed by atoms with Gasteiger partial charge in [-0.2, -0.15) is 0 Å². The van der Waals surface area contributed by atoms with Gasteiger partial charge in [-0.25, -0.2) is 4.79 Å². The number of anilines is 1. The van der Waals surface area contributed by atoms with Crippen molar-refractivity contribution in [2.75, 3.05) is 26.1 Å². The molecule has 0 unspecified atom stereocenters. The lowest BCUT2D eigenvalue weighted by Crippen LogP contribution is -2.21. The fourth-order valence-corrected chi connectivity index (χ4v) is 2.90. The van der Waals surface area contributed by atoms with Crippen LogP contribution in [-0.4, -0.2) is 32.7 Å². The van der Waals surface area contributed by atoms with Crippen LogP contribution in [0.2, 0.25) is 0 Å². The van der Waals surface area contributed by atoms with Gasteiger partial charge in [-0.1, -0.05) is 48.5 Å². The Morgan fingerprint density at radius 1 is 0.839 bits per heavy atom. The number of nitrogens with one attached hydrogen (secondary N) is 1. The maximum absolute atomic E-state index is 12.9. The van der Waals surface area contributed by atoms with Crippen molar-refractivity contribution in [1.29, 1.82) is 0 Å². The van der Waals surface area contributed by atoms with Gasteiger partial charge in [-0.3, -0.25) is 4.79 Å². The highest BCUT2D eigenvalue weighted by Gasteiger charge is 2.16. The number of ether oxygens (including phenoxy) is 3. The lowest BCUT2D eigenvalue weighted by atomic mass is 10.0. The zero-order valence-corrected chi connectivity index (χ0v) is 17.3. The van der Waals surface area contributed by atoms with Gasteiger partial charge in [0.2, 0.25) is 0 Å². The fourth-order valence-electron chi connectivity index (χ4n) is 2.90. The molecular weight excluding hydrogens is 394 g/mol. The zero-order valence-electron chi connectivity index (χ0n) is 17.3. The first-order chi connectivity index (χ1) is 15.1. The number of benzene rings is 3. The molecule has 0 aliphatic heterocycles. The third-order valence-corrected chi connectivity index (χ3v) is 4.45. The molecule has 1 N–H and O–H groups in total. The number of carbonyl (C=O) groups excluding carboxylic acids is 2. The summed E-state index contributed by atoms with van der Waals surface area (Å²) in [7, 11) is 3.13. The van der Waals surface area contributed by atoms with Crippen LogP contribution in [0.3, 0.4) is 0 Å². The molecule has 1 amide bonds. The van der Waals surface area contributed by atoms with Gasteiger partial charge in [0, 0.05) is 11.3 Å². The van der Waals surface area contributed by atoms with Crippen LogP contribution in [0.25, 0.3) is 11.6 Å². The normalized spacial score (nSPS) is 10.8. The van der Waals surface area contributed by atoms with Crippen LogP contribution in [0.5, 0.6) is 11.5 Å². The van der Waals surface area contributed by atoms with E-state index in [-0.39, 0.29) is 0 Å². The third kappa shape index (κ3) is 5.96. The van der Waals surface area contributed by atoms with Crippen molar-refractivity contribution in [3.05, 3.63) is 90.0 Å². The molecule has 0 bridgehead atoms. The fraction of sp³-hybridized carbons (Fsp3) is 0.120. The van der Waals surface area contributed by atoms with Gasteiger partial charge in [0.25, 0.3) is 5.91 Å². The Kier molecular flexibility index (Phi) is 7.43. The maximum atomic E-state index is 12.9. The molecule has 0 aliphatic rings. The van der Waals surface area contributed by atoms with Crippen molar-refractivity contribution in [3.8, 4) is 11.5 Å². The molecular formula is C25H23NO5. The Morgan fingerprint density at radius 2 is 1.52 bits per heavy atom. The minimum atomic E-state index is -0.609. The minimum Gasteiger partial charge on any atom is -0.497 e. The zero-order chi connectivity index (χ0) is 22.1. The van der Waals surface area contributed by atoms with Crippen LogP contribution in [0.15, 0.2) is 78.9 Å². The van der Waals surface area contributed by atoms with Crippen LogP contribution >= 0.6 is 0 Å². The molecule has 0 aromatic heterocycles. The van der Waals surface area contributed by atoms with E-state index in [4.69, 9.17) is 14.2 Å². The first-order valence-electron chi connectivity index (χ1n) is 9.62. The highest BCUT2D eigenvalue weighted by Crippen LogP contribution is 2.25. The molecule has 0 radical (unpaired) electrons. The van der Waals surface area contributed by atoms with Gasteiger partial charge < -0.3 is 19.5 Å². The molecule has 0 spiro atoms. The van der Waals surface area contributed by atoms with Gasteiger partial charge in [0.05, 0.1) is 19.8 Å². The van der Waals surface area contributed by atoms with E-state index in [0.717, 1.165) is 5.56 Å². The summed E-state index contributed by atoms with van der Waals surface area (Å²) in [5.74, 6) is 0.254. The number of para-hydroxylation sites is 1. The molecule has 0 saturated heterocycles. The molecule has 158 valence electrons. The predicted molar refractivity (Wildman–Crippen MR) is 120 cm³/mol. The van der Waals surface area contributed by atoms with Crippen LogP contribution in [0, 0.1) is 0 Å². The second-order valence-corrected chi connectivity index (χ2v) is 6.52. The highest BCUT2D eigenvalue weighted by atomic mass is 16.5. The van der Waals surface area contributed by atoms with Crippen LogP contribution in [0.1, 0.15) is 11.1 Å². The highest BCUT2D eigenvalue weighted by molar-refractivity contribution is 6.22. The van der Waals surface area contributed by atoms with Crippen LogP contribution in [-0.2, 0) is 14.3 Å². The predicted octanol–water partition coefficient (Wildman–Crippen LogP) is 4.43. The molecule has 6 nitrogen and oxygen atoms in total. The smallest absolute Gasteiger partial charge is 0.339 e. The molecule has 31 heavy (non-hydrogen) atoms. The molecule has 6 heteroatoms. The van der Waals surface area contributed by atoms with Crippen molar-refractivity contribution < 1.29 is 23.8 Å². The lowest BCUT2D eigenvalue weighted by molar-refractivity contribution is -0.141. The summed E-state index contributed by atoms with van der Waals surface area (Å²) in [4.78, 5) is 25.1. The first-order valence-corrected chi connectivity index (χ1v) is 9.62. The lowest BCUT2D eigenvalue weighted by Gasteiger charge is -2.11. The van der Waals surface area contributed by atoms with E-state index in [1.165, 1.54) is 0 Å². The van der Waals surface area contributed by atoms with E-state index in [1.807, 2.05) is 42.5 Å². The van der Waals surface area contributed by atoms with Gasteiger partial charge in [-0.05, 0) is 42.0 Å². The van der Waals surface area contributed by atoms with Gasteiger partial charge in [-0.15, -0.1) is 0 Å². The SMILES string of the molecule is COc1ccc(NC(=O)COC(=O)/C(=C/c2ccccc2OC)c2ccccc2)cc1. The maximum Gasteiger partial charge on any atom is 0.339 e. The number of esters is 1. The van der Waals surface area contributed by atoms with E-state index in [0.29, 0.717) is 28.3 Å². The molecule has 0 aliphatic carbocycles. The quantitative estimate of drug-likeness (QED) is 0.334. The summed E-state index contributed by atoms with van der Waals surface area (Å²) in [6.45, 7) is -0.416. The molecule has 0 atom stereocenters. The minimum absolute atomic E-state index is 0.322. The van der Waals surface area contributed by atoms with Crippen LogP contribution in [0.4, 0.5) is 5.69 Å². The van der Waals surface area contributed by atoms with Crippen molar-refractivity contribution in [3.63, 3.8) is 0 Å². The number of rotatable bonds is 8. The summed E-state index contributed by atoms with van der Waals surface area (Å²) >= 11 is 0. The number of amides is 1. The number of methoxy groups -OCH3 is 2. The molecule has 3 aromatic carbocycles. The average Bonchev–Trinajstić information content (AvgIpc) is 2.82. The van der Waals surface area contributed by atoms with Gasteiger partial charge >= 0.3 is 5.97 Å². The average molecular weight is 417 g/mol. The van der Waals surface area contributed by atoms with Gasteiger partial charge in [0.1, 0.15) is 11.5 Å². The Labute approximate surface area is 181 Å². The monoisotopic (exact) mass is 417 g/mol. The Hall–Kier alpha value is -4.06. The Bertz CT molecular complexity index is 1060. The number of hydrogen-bond donors (Lipinski definition) is 1. The van der Waals surface area contributed by atoms with Crippen molar-refractivity contribution in [2.24, 2.45) is 0 Å². The number of carbonyl (C=O) groups is 2. The third-order valence-electron chi connectivity index (χ3n) is 4.45. The molecule has 0 heterocycles. The van der Waals surface area contributed by atoms with Crippen LogP contribution < -0.4 is 14.8 Å². The second kappa shape index (κ2) is 10.6. The number of hydrogen-bond acceptors (Lipinski definition) is 5. The molecule has 0 saturated carbocycles. The topological polar surface area (TPSA) is 73.9 Å².